The van der Waals surface area contributed by atoms with Crippen molar-refractivity contribution < 1.29 is 9.53 Å². The van der Waals surface area contributed by atoms with Crippen LogP contribution in [-0.4, -0.2) is 37.6 Å². The molecule has 1 N–H and O–H groups in total. The van der Waals surface area contributed by atoms with Crippen LogP contribution in [0.4, 0.5) is 0 Å². The molecule has 0 saturated carbocycles. The van der Waals surface area contributed by atoms with Gasteiger partial charge in [0, 0.05) is 36.5 Å². The van der Waals surface area contributed by atoms with Gasteiger partial charge in [-0.1, -0.05) is 24.3 Å². The molecule has 1 aromatic carbocycles. The van der Waals surface area contributed by atoms with Gasteiger partial charge in [-0.15, -0.1) is 0 Å². The van der Waals surface area contributed by atoms with Crippen LogP contribution < -0.4 is 5.32 Å². The van der Waals surface area contributed by atoms with Crippen molar-refractivity contribution in [3.63, 3.8) is 0 Å². The number of carbonyl (C=O) groups excluding carboxylic acids is 1. The van der Waals surface area contributed by atoms with Crippen LogP contribution in [0.15, 0.2) is 79.3 Å². The minimum atomic E-state index is -0.368. The van der Waals surface area contributed by atoms with Gasteiger partial charge in [0.05, 0.1) is 36.1 Å². The number of esters is 1. The van der Waals surface area contributed by atoms with Gasteiger partial charge in [0.15, 0.2) is 5.11 Å². The Balaban J connectivity index is 1.64. The average Bonchev–Trinajstić information content (AvgIpc) is 3.39. The molecule has 8 heteroatoms. The zero-order valence-corrected chi connectivity index (χ0v) is 21.2. The molecule has 0 amide bonds. The topological polar surface area (TPSA) is 72.3 Å². The molecule has 1 saturated heterocycles. The second kappa shape index (κ2) is 9.91. The van der Waals surface area contributed by atoms with E-state index in [1.807, 2.05) is 55.6 Å². The van der Waals surface area contributed by atoms with Crippen LogP contribution >= 0.6 is 12.2 Å². The summed E-state index contributed by atoms with van der Waals surface area (Å²) in [6.45, 7) is 4.73. The summed E-state index contributed by atoms with van der Waals surface area (Å²) in [7, 11) is 1.40. The van der Waals surface area contributed by atoms with E-state index in [0.29, 0.717) is 17.2 Å². The minimum Gasteiger partial charge on any atom is -0.465 e. The number of hydrogen-bond donors (Lipinski definition) is 1. The molecule has 182 valence electrons. The number of pyridine rings is 2. The fourth-order valence-corrected chi connectivity index (χ4v) is 5.32. The Morgan fingerprint density at radius 2 is 1.89 bits per heavy atom. The Morgan fingerprint density at radius 1 is 1.08 bits per heavy atom. The lowest BCUT2D eigenvalue weighted by molar-refractivity contribution is 0.0600. The van der Waals surface area contributed by atoms with Gasteiger partial charge in [-0.3, -0.25) is 9.97 Å². The Kier molecular flexibility index (Phi) is 6.52. The van der Waals surface area contributed by atoms with Gasteiger partial charge in [0.25, 0.3) is 0 Å². The third-order valence-electron chi connectivity index (χ3n) is 6.61. The van der Waals surface area contributed by atoms with Crippen molar-refractivity contribution in [1.29, 1.82) is 0 Å². The van der Waals surface area contributed by atoms with Gasteiger partial charge in [0.1, 0.15) is 0 Å². The van der Waals surface area contributed by atoms with Crippen LogP contribution in [0.1, 0.15) is 50.7 Å². The lowest BCUT2D eigenvalue weighted by atomic mass is 9.96. The maximum atomic E-state index is 12.5. The first-order chi connectivity index (χ1) is 17.5. The van der Waals surface area contributed by atoms with Crippen LogP contribution in [0.2, 0.25) is 0 Å². The molecule has 36 heavy (non-hydrogen) atoms. The fraction of sp³-hybridized carbons (Fsp3) is 0.214. The summed E-state index contributed by atoms with van der Waals surface area (Å²) in [5.41, 5.74) is 6.43. The standard InChI is InChI=1S/C28H27N5O2S/c1-18-15-22(19(2)33(18)24-12-5-4-10-21(24)27(34)35-3)26-25(23-11-6-7-14-30-23)31-28(36)32(26)17-20-9-8-13-29-16-20/h4-16,25-26H,17H2,1-3H3,(H,31,36)/t25-,26-/m0/s1. The molecule has 7 nitrogen and oxygen atoms in total. The van der Waals surface area contributed by atoms with E-state index >= 15 is 0 Å². The molecule has 3 aromatic heterocycles. The third kappa shape index (κ3) is 4.24. The fourth-order valence-electron chi connectivity index (χ4n) is 5.01. The second-order valence-corrected chi connectivity index (χ2v) is 9.17. The number of ether oxygens (including phenoxy) is 1. The number of aromatic nitrogens is 3. The van der Waals surface area contributed by atoms with E-state index in [1.165, 1.54) is 7.11 Å². The highest BCUT2D eigenvalue weighted by molar-refractivity contribution is 7.80. The maximum absolute atomic E-state index is 12.5. The van der Waals surface area contributed by atoms with E-state index < -0.39 is 0 Å². The van der Waals surface area contributed by atoms with Crippen molar-refractivity contribution in [1.82, 2.24) is 24.8 Å². The predicted molar refractivity (Wildman–Crippen MR) is 142 cm³/mol. The number of nitrogens with one attached hydrogen (secondary N) is 1. The van der Waals surface area contributed by atoms with E-state index in [0.717, 1.165) is 33.9 Å². The highest BCUT2D eigenvalue weighted by Crippen LogP contribution is 2.42. The zero-order valence-electron chi connectivity index (χ0n) is 20.4. The van der Waals surface area contributed by atoms with Gasteiger partial charge < -0.3 is 19.5 Å². The number of carbonyl (C=O) groups is 1. The number of methoxy groups -OCH3 is 1. The first-order valence-corrected chi connectivity index (χ1v) is 12.1. The van der Waals surface area contributed by atoms with E-state index in [2.05, 4.69) is 43.8 Å². The summed E-state index contributed by atoms with van der Waals surface area (Å²) in [6, 6.07) is 19.3. The summed E-state index contributed by atoms with van der Waals surface area (Å²) in [4.78, 5) is 23.7. The van der Waals surface area contributed by atoms with E-state index in [-0.39, 0.29) is 18.1 Å². The normalized spacial score (nSPS) is 17.2. The predicted octanol–water partition coefficient (Wildman–Crippen LogP) is 4.84. The number of para-hydroxylation sites is 1. The monoisotopic (exact) mass is 497 g/mol. The smallest absolute Gasteiger partial charge is 0.339 e. The van der Waals surface area contributed by atoms with Crippen LogP contribution in [0, 0.1) is 13.8 Å². The van der Waals surface area contributed by atoms with Crippen molar-refractivity contribution in [2.24, 2.45) is 0 Å². The van der Waals surface area contributed by atoms with Crippen LogP contribution in [0.5, 0.6) is 0 Å². The molecule has 0 radical (unpaired) electrons. The van der Waals surface area contributed by atoms with Crippen molar-refractivity contribution in [3.8, 4) is 5.69 Å². The SMILES string of the molecule is COC(=O)c1ccccc1-n1c(C)cc([C@H]2[C@H](c3ccccn3)NC(=S)N2Cc2cccnc2)c1C. The zero-order chi connectivity index (χ0) is 25.2. The van der Waals surface area contributed by atoms with Crippen molar-refractivity contribution in [2.45, 2.75) is 32.5 Å². The third-order valence-corrected chi connectivity index (χ3v) is 6.97. The number of benzene rings is 1. The summed E-state index contributed by atoms with van der Waals surface area (Å²) in [5, 5.41) is 4.18. The molecule has 1 fully saturated rings. The van der Waals surface area contributed by atoms with Gasteiger partial charge in [-0.2, -0.15) is 0 Å². The molecule has 2 atom stereocenters. The molecule has 0 bridgehead atoms. The molecule has 1 aliphatic heterocycles. The molecule has 5 rings (SSSR count). The molecule has 1 aliphatic rings. The van der Waals surface area contributed by atoms with Gasteiger partial charge in [-0.05, 0) is 73.6 Å². The lowest BCUT2D eigenvalue weighted by Crippen LogP contribution is -2.29. The first-order valence-electron chi connectivity index (χ1n) is 11.7. The molecule has 4 heterocycles. The second-order valence-electron chi connectivity index (χ2n) is 8.79. The van der Waals surface area contributed by atoms with Gasteiger partial charge >= 0.3 is 5.97 Å². The number of rotatable bonds is 6. The average molecular weight is 498 g/mol. The highest BCUT2D eigenvalue weighted by Gasteiger charge is 2.41. The first kappa shape index (κ1) is 23.7. The number of hydrogen-bond acceptors (Lipinski definition) is 5. The Morgan fingerprint density at radius 3 is 2.61 bits per heavy atom. The van der Waals surface area contributed by atoms with Crippen LogP contribution in [0.25, 0.3) is 5.69 Å². The maximum Gasteiger partial charge on any atom is 0.339 e. The number of aryl methyl sites for hydroxylation is 1. The Labute approximate surface area is 215 Å². The molecule has 0 unspecified atom stereocenters. The molecular weight excluding hydrogens is 470 g/mol. The summed E-state index contributed by atoms with van der Waals surface area (Å²) < 4.78 is 7.17. The Bertz CT molecular complexity index is 1400. The quantitative estimate of drug-likeness (QED) is 0.302. The van der Waals surface area contributed by atoms with Crippen molar-refractivity contribution in [3.05, 3.63) is 113 Å². The molecule has 4 aromatic rings. The lowest BCUT2D eigenvalue weighted by Gasteiger charge is -2.28. The molecule has 0 aliphatic carbocycles. The van der Waals surface area contributed by atoms with Gasteiger partial charge in [-0.25, -0.2) is 4.79 Å². The summed E-state index contributed by atoms with van der Waals surface area (Å²) in [5.74, 6) is -0.368. The Hall–Kier alpha value is -4.04. The largest absolute Gasteiger partial charge is 0.465 e. The summed E-state index contributed by atoms with van der Waals surface area (Å²) in [6.07, 6.45) is 5.44. The van der Waals surface area contributed by atoms with E-state index in [4.69, 9.17) is 17.0 Å². The summed E-state index contributed by atoms with van der Waals surface area (Å²) >= 11 is 5.84. The highest BCUT2D eigenvalue weighted by atomic mass is 32.1. The minimum absolute atomic E-state index is 0.113. The van der Waals surface area contributed by atoms with Crippen molar-refractivity contribution in [2.75, 3.05) is 7.11 Å². The van der Waals surface area contributed by atoms with Crippen LogP contribution in [0.3, 0.4) is 0 Å². The molecular formula is C28H27N5O2S. The number of thiocarbonyl (C=S) groups is 1. The van der Waals surface area contributed by atoms with Crippen LogP contribution in [-0.2, 0) is 11.3 Å². The van der Waals surface area contributed by atoms with E-state index in [9.17, 15) is 4.79 Å². The van der Waals surface area contributed by atoms with Gasteiger partial charge in [0.2, 0.25) is 0 Å². The number of nitrogens with zero attached hydrogens (tertiary/aromatic N) is 4. The molecule has 0 spiro atoms. The van der Waals surface area contributed by atoms with Crippen molar-refractivity contribution >= 4 is 23.3 Å². The van der Waals surface area contributed by atoms with E-state index in [1.54, 1.807) is 18.5 Å².